The van der Waals surface area contributed by atoms with Gasteiger partial charge in [-0.05, 0) is 61.5 Å². The molecule has 4 heteroatoms. The summed E-state index contributed by atoms with van der Waals surface area (Å²) >= 11 is 0. The van der Waals surface area contributed by atoms with Crippen LogP contribution in [-0.2, 0) is 9.53 Å². The second kappa shape index (κ2) is 13.4. The Morgan fingerprint density at radius 3 is 1.89 bits per heavy atom. The molecular formula is C31H37O3P. The van der Waals surface area contributed by atoms with Gasteiger partial charge in [-0.3, -0.25) is 0 Å². The molecule has 0 saturated carbocycles. The van der Waals surface area contributed by atoms with Crippen LogP contribution in [0, 0.1) is 11.8 Å². The van der Waals surface area contributed by atoms with Crippen LogP contribution in [0.1, 0.15) is 63.7 Å². The molecule has 35 heavy (non-hydrogen) atoms. The lowest BCUT2D eigenvalue weighted by molar-refractivity contribution is -0.117. The normalized spacial score (nSPS) is 13.0. The summed E-state index contributed by atoms with van der Waals surface area (Å²) in [6.45, 7) is 8.03. The summed E-state index contributed by atoms with van der Waals surface area (Å²) < 4.78 is 6.16. The monoisotopic (exact) mass is 488 g/mol. The van der Waals surface area contributed by atoms with Gasteiger partial charge in [-0.2, -0.15) is 0 Å². The van der Waals surface area contributed by atoms with Crippen LogP contribution in [0.5, 0.6) is 0 Å². The maximum absolute atomic E-state index is 13.6. The molecule has 0 aliphatic heterocycles. The van der Waals surface area contributed by atoms with Gasteiger partial charge in [-0.1, -0.05) is 106 Å². The summed E-state index contributed by atoms with van der Waals surface area (Å²) in [6, 6.07) is 28.7. The summed E-state index contributed by atoms with van der Waals surface area (Å²) in [4.78, 5) is 24.9. The molecule has 0 saturated heterocycles. The Balaban J connectivity index is 1.86. The first-order valence-corrected chi connectivity index (χ1v) is 13.9. The first kappa shape index (κ1) is 26.8. The maximum atomic E-state index is 13.6. The van der Waals surface area contributed by atoms with Crippen molar-refractivity contribution in [3.05, 3.63) is 90.5 Å². The highest BCUT2D eigenvalue weighted by Gasteiger charge is 2.26. The highest BCUT2D eigenvalue weighted by Crippen LogP contribution is 2.34. The largest absolute Gasteiger partial charge is 0.458 e. The van der Waals surface area contributed by atoms with Gasteiger partial charge in [0.1, 0.15) is 11.9 Å². The van der Waals surface area contributed by atoms with Crippen molar-refractivity contribution in [2.24, 2.45) is 11.8 Å². The number of Topliss-reactive ketones (excluding diaryl/α,β-unsaturated/α-hetero) is 1. The van der Waals surface area contributed by atoms with Crippen molar-refractivity contribution in [1.82, 2.24) is 0 Å². The van der Waals surface area contributed by atoms with Crippen LogP contribution in [0.3, 0.4) is 0 Å². The number of rotatable bonds is 12. The van der Waals surface area contributed by atoms with E-state index in [0.29, 0.717) is 17.9 Å². The lowest BCUT2D eigenvalue weighted by Crippen LogP contribution is -2.30. The highest BCUT2D eigenvalue weighted by molar-refractivity contribution is 7.80. The zero-order chi connectivity index (χ0) is 25.2. The van der Waals surface area contributed by atoms with Gasteiger partial charge < -0.3 is 9.53 Å². The Morgan fingerprint density at radius 1 is 0.800 bits per heavy atom. The molecule has 0 unspecified atom stereocenters. The SMILES string of the molecule is CC(=O)CCC[C@@H](C)C[C@H](OC(=O)c1ccccc1P(c1ccccc1)c1ccccc1)C(C)C. The predicted molar refractivity (Wildman–Crippen MR) is 148 cm³/mol. The van der Waals surface area contributed by atoms with Crippen LogP contribution >= 0.6 is 7.92 Å². The lowest BCUT2D eigenvalue weighted by atomic mass is 9.92. The zero-order valence-electron chi connectivity index (χ0n) is 21.3. The van der Waals surface area contributed by atoms with Crippen LogP contribution in [0.15, 0.2) is 84.9 Å². The van der Waals surface area contributed by atoms with Crippen molar-refractivity contribution in [3.63, 3.8) is 0 Å². The number of carbonyl (C=O) groups is 2. The second-order valence-electron chi connectivity index (χ2n) is 9.65. The van der Waals surface area contributed by atoms with E-state index in [4.69, 9.17) is 4.74 Å². The van der Waals surface area contributed by atoms with E-state index in [1.165, 1.54) is 10.6 Å². The van der Waals surface area contributed by atoms with E-state index in [-0.39, 0.29) is 23.8 Å². The minimum absolute atomic E-state index is 0.164. The number of ketones is 1. The van der Waals surface area contributed by atoms with Crippen molar-refractivity contribution in [1.29, 1.82) is 0 Å². The van der Waals surface area contributed by atoms with Crippen molar-refractivity contribution < 1.29 is 14.3 Å². The molecule has 0 aromatic heterocycles. The number of benzene rings is 3. The van der Waals surface area contributed by atoms with Gasteiger partial charge in [-0.15, -0.1) is 0 Å². The maximum Gasteiger partial charge on any atom is 0.339 e. The summed E-state index contributed by atoms with van der Waals surface area (Å²) in [5.41, 5.74) is 0.640. The van der Waals surface area contributed by atoms with Gasteiger partial charge in [-0.25, -0.2) is 4.79 Å². The van der Waals surface area contributed by atoms with Crippen LogP contribution in [0.25, 0.3) is 0 Å². The average Bonchev–Trinajstić information content (AvgIpc) is 2.85. The average molecular weight is 489 g/mol. The molecule has 3 aromatic carbocycles. The summed E-state index contributed by atoms with van der Waals surface area (Å²) in [5, 5.41) is 3.42. The van der Waals surface area contributed by atoms with Crippen molar-refractivity contribution in [2.45, 2.75) is 59.5 Å². The molecule has 0 amide bonds. The molecule has 0 bridgehead atoms. The third kappa shape index (κ3) is 7.87. The van der Waals surface area contributed by atoms with E-state index in [9.17, 15) is 9.59 Å². The Bertz CT molecular complexity index is 1040. The van der Waals surface area contributed by atoms with E-state index in [1.54, 1.807) is 6.92 Å². The smallest absolute Gasteiger partial charge is 0.339 e. The van der Waals surface area contributed by atoms with Gasteiger partial charge in [0, 0.05) is 6.42 Å². The zero-order valence-corrected chi connectivity index (χ0v) is 22.2. The fourth-order valence-corrected chi connectivity index (χ4v) is 6.73. The van der Waals surface area contributed by atoms with E-state index in [1.807, 2.05) is 30.3 Å². The molecule has 0 N–H and O–H groups in total. The minimum Gasteiger partial charge on any atom is -0.458 e. The predicted octanol–water partition coefficient (Wildman–Crippen LogP) is 6.41. The number of esters is 1. The van der Waals surface area contributed by atoms with Crippen molar-refractivity contribution >= 4 is 35.6 Å². The molecule has 0 aliphatic rings. The number of hydrogen-bond donors (Lipinski definition) is 0. The molecule has 0 heterocycles. The first-order valence-electron chi connectivity index (χ1n) is 12.6. The Kier molecular flexibility index (Phi) is 10.2. The fourth-order valence-electron chi connectivity index (χ4n) is 4.29. The standard InChI is InChI=1S/C31H37O3P/c1-23(2)29(22-24(3)14-13-15-25(4)32)34-31(33)28-20-11-12-21-30(28)35(26-16-7-5-8-17-26)27-18-9-6-10-19-27/h5-12,16-21,23-24,29H,13-15,22H2,1-4H3/t24-,29+/m1/s1. The third-order valence-corrected chi connectivity index (χ3v) is 8.76. The number of carbonyl (C=O) groups excluding carboxylic acids is 2. The van der Waals surface area contributed by atoms with Gasteiger partial charge in [0.2, 0.25) is 0 Å². The third-order valence-electron chi connectivity index (χ3n) is 6.26. The number of hydrogen-bond acceptors (Lipinski definition) is 3. The summed E-state index contributed by atoms with van der Waals surface area (Å²) in [7, 11) is -0.903. The van der Waals surface area contributed by atoms with Gasteiger partial charge >= 0.3 is 5.97 Å². The molecule has 0 fully saturated rings. The van der Waals surface area contributed by atoms with Gasteiger partial charge in [0.25, 0.3) is 0 Å². The van der Waals surface area contributed by atoms with Crippen LogP contribution in [-0.4, -0.2) is 17.9 Å². The number of ether oxygens (including phenoxy) is 1. The van der Waals surface area contributed by atoms with Crippen LogP contribution in [0.2, 0.25) is 0 Å². The first-order chi connectivity index (χ1) is 16.9. The van der Waals surface area contributed by atoms with Gasteiger partial charge in [0.05, 0.1) is 5.56 Å². The Morgan fingerprint density at radius 2 is 1.34 bits per heavy atom. The van der Waals surface area contributed by atoms with Crippen LogP contribution in [0.4, 0.5) is 0 Å². The summed E-state index contributed by atoms with van der Waals surface area (Å²) in [5.74, 6) is 0.574. The molecule has 0 radical (unpaired) electrons. The molecule has 0 aliphatic carbocycles. The molecule has 184 valence electrons. The topological polar surface area (TPSA) is 43.4 Å². The van der Waals surface area contributed by atoms with E-state index in [2.05, 4.69) is 75.4 Å². The molecule has 3 nitrogen and oxygen atoms in total. The van der Waals surface area contributed by atoms with E-state index in [0.717, 1.165) is 24.6 Å². The minimum atomic E-state index is -0.903. The lowest BCUT2D eigenvalue weighted by Gasteiger charge is -2.26. The molecule has 2 atom stereocenters. The van der Waals surface area contributed by atoms with E-state index < -0.39 is 7.92 Å². The highest BCUT2D eigenvalue weighted by atomic mass is 31.1. The van der Waals surface area contributed by atoms with Gasteiger partial charge in [0.15, 0.2) is 0 Å². The van der Waals surface area contributed by atoms with Crippen molar-refractivity contribution in [2.75, 3.05) is 0 Å². The van der Waals surface area contributed by atoms with E-state index >= 15 is 0 Å². The van der Waals surface area contributed by atoms with Crippen molar-refractivity contribution in [3.8, 4) is 0 Å². The molecule has 3 rings (SSSR count). The summed E-state index contributed by atoms with van der Waals surface area (Å²) in [6.07, 6.45) is 3.10. The quantitative estimate of drug-likeness (QED) is 0.219. The molecular weight excluding hydrogens is 451 g/mol. The second-order valence-corrected chi connectivity index (χ2v) is 11.8. The van der Waals surface area contributed by atoms with Crippen LogP contribution < -0.4 is 15.9 Å². The molecule has 0 spiro atoms. The fraction of sp³-hybridized carbons (Fsp3) is 0.355. The Labute approximate surface area is 211 Å². The molecule has 3 aromatic rings. The Hall–Kier alpha value is -2.77.